The maximum absolute atomic E-state index is 13.8. The molecule has 9 heteroatoms. The first-order valence-corrected chi connectivity index (χ1v) is 9.70. The number of anilines is 1. The van der Waals surface area contributed by atoms with Crippen molar-refractivity contribution in [2.24, 2.45) is 0 Å². The molecule has 4 rings (SSSR count). The van der Waals surface area contributed by atoms with Crippen molar-refractivity contribution in [2.75, 3.05) is 4.31 Å². The number of nitrogens with zero attached hydrogens (tertiary/aromatic N) is 4. The highest BCUT2D eigenvalue weighted by Gasteiger charge is 2.26. The standard InChI is InChI=1S/C19H14F2N4O2S/c20-15-4-1-3-14(9-15)11-25(17-6-2-5-16(21)10-17)28(26,27)18-7-8-19-23-22-13-24(19)12-18/h1-10,12-13H,11H2. The number of aromatic nitrogens is 3. The predicted molar refractivity (Wildman–Crippen MR) is 99.2 cm³/mol. The van der Waals surface area contributed by atoms with Crippen molar-refractivity contribution in [1.29, 1.82) is 0 Å². The lowest BCUT2D eigenvalue weighted by molar-refractivity contribution is 0.588. The zero-order valence-corrected chi connectivity index (χ0v) is 15.2. The van der Waals surface area contributed by atoms with Crippen LogP contribution in [0.1, 0.15) is 5.56 Å². The van der Waals surface area contributed by atoms with E-state index in [2.05, 4.69) is 10.2 Å². The molecule has 0 amide bonds. The second-order valence-electron chi connectivity index (χ2n) is 6.08. The fourth-order valence-electron chi connectivity index (χ4n) is 2.83. The molecule has 0 aliphatic carbocycles. The Morgan fingerprint density at radius 2 is 1.71 bits per heavy atom. The van der Waals surface area contributed by atoms with Gasteiger partial charge in [0.05, 0.1) is 12.2 Å². The smallest absolute Gasteiger partial charge is 0.266 e. The van der Waals surface area contributed by atoms with Crippen LogP contribution < -0.4 is 4.31 Å². The van der Waals surface area contributed by atoms with Crippen molar-refractivity contribution in [1.82, 2.24) is 14.6 Å². The Balaban J connectivity index is 1.83. The summed E-state index contributed by atoms with van der Waals surface area (Å²) < 4.78 is 56.6. The van der Waals surface area contributed by atoms with Crippen LogP contribution in [0.25, 0.3) is 5.65 Å². The molecule has 0 radical (unpaired) electrons. The number of fused-ring (bicyclic) bond motifs is 1. The Bertz CT molecular complexity index is 1260. The number of pyridine rings is 1. The molecule has 6 nitrogen and oxygen atoms in total. The third-order valence-corrected chi connectivity index (χ3v) is 5.92. The SMILES string of the molecule is O=S(=O)(c1ccc2nncn2c1)N(Cc1cccc(F)c1)c1cccc(F)c1. The van der Waals surface area contributed by atoms with E-state index in [0.717, 1.165) is 10.4 Å². The molecule has 0 N–H and O–H groups in total. The van der Waals surface area contributed by atoms with Crippen LogP contribution in [0.15, 0.2) is 78.1 Å². The van der Waals surface area contributed by atoms with Gasteiger partial charge in [-0.15, -0.1) is 10.2 Å². The largest absolute Gasteiger partial charge is 0.288 e. The first-order valence-electron chi connectivity index (χ1n) is 8.26. The monoisotopic (exact) mass is 400 g/mol. The maximum Gasteiger partial charge on any atom is 0.266 e. The van der Waals surface area contributed by atoms with Gasteiger partial charge in [0, 0.05) is 6.20 Å². The van der Waals surface area contributed by atoms with Crippen molar-refractivity contribution < 1.29 is 17.2 Å². The molecule has 2 aromatic heterocycles. The molecular weight excluding hydrogens is 386 g/mol. The summed E-state index contributed by atoms with van der Waals surface area (Å²) in [5.74, 6) is -1.06. The summed E-state index contributed by atoms with van der Waals surface area (Å²) in [4.78, 5) is -0.0273. The normalized spacial score (nSPS) is 11.6. The Hall–Kier alpha value is -3.33. The maximum atomic E-state index is 13.8. The van der Waals surface area contributed by atoms with Crippen molar-refractivity contribution in [3.05, 3.63) is 90.4 Å². The Labute approximate surface area is 159 Å². The molecule has 142 valence electrons. The first kappa shape index (κ1) is 18.1. The molecule has 0 aliphatic heterocycles. The quantitative estimate of drug-likeness (QED) is 0.515. The Morgan fingerprint density at radius 3 is 2.46 bits per heavy atom. The number of hydrogen-bond donors (Lipinski definition) is 0. The second kappa shape index (κ2) is 7.01. The molecule has 0 unspecified atom stereocenters. The Kier molecular flexibility index (Phi) is 4.52. The fraction of sp³-hybridized carbons (Fsp3) is 0.0526. The molecule has 28 heavy (non-hydrogen) atoms. The van der Waals surface area contributed by atoms with Crippen LogP contribution in [-0.4, -0.2) is 23.0 Å². The van der Waals surface area contributed by atoms with Gasteiger partial charge < -0.3 is 0 Å². The summed E-state index contributed by atoms with van der Waals surface area (Å²) >= 11 is 0. The van der Waals surface area contributed by atoms with E-state index >= 15 is 0 Å². The van der Waals surface area contributed by atoms with E-state index in [1.54, 1.807) is 6.07 Å². The third-order valence-electron chi connectivity index (χ3n) is 4.16. The molecule has 0 saturated carbocycles. The fourth-order valence-corrected chi connectivity index (χ4v) is 4.29. The van der Waals surface area contributed by atoms with E-state index in [-0.39, 0.29) is 17.1 Å². The summed E-state index contributed by atoms with van der Waals surface area (Å²) in [6, 6.07) is 13.8. The van der Waals surface area contributed by atoms with Gasteiger partial charge in [0.15, 0.2) is 5.65 Å². The van der Waals surface area contributed by atoms with Gasteiger partial charge in [0.1, 0.15) is 22.9 Å². The van der Waals surface area contributed by atoms with Crippen molar-refractivity contribution in [2.45, 2.75) is 11.4 Å². The van der Waals surface area contributed by atoms with E-state index in [0.29, 0.717) is 11.2 Å². The van der Waals surface area contributed by atoms with Gasteiger partial charge in [-0.2, -0.15) is 0 Å². The number of rotatable bonds is 5. The van der Waals surface area contributed by atoms with E-state index in [1.165, 1.54) is 65.5 Å². The lowest BCUT2D eigenvalue weighted by atomic mass is 10.2. The average Bonchev–Trinajstić information content (AvgIpc) is 3.14. The zero-order chi connectivity index (χ0) is 19.7. The predicted octanol–water partition coefficient (Wildman–Crippen LogP) is 3.40. The minimum absolute atomic E-state index is 0.0273. The number of halogens is 2. The minimum Gasteiger partial charge on any atom is -0.288 e. The van der Waals surface area contributed by atoms with E-state index < -0.39 is 21.7 Å². The van der Waals surface area contributed by atoms with Crippen LogP contribution in [0, 0.1) is 11.6 Å². The second-order valence-corrected chi connectivity index (χ2v) is 7.94. The molecule has 0 fully saturated rings. The van der Waals surface area contributed by atoms with Gasteiger partial charge in [-0.05, 0) is 48.0 Å². The first-order chi connectivity index (χ1) is 13.4. The summed E-state index contributed by atoms with van der Waals surface area (Å²) in [7, 11) is -4.08. The molecule has 2 heterocycles. The highest BCUT2D eigenvalue weighted by molar-refractivity contribution is 7.92. The zero-order valence-electron chi connectivity index (χ0n) is 14.4. The third kappa shape index (κ3) is 3.44. The average molecular weight is 400 g/mol. The van der Waals surface area contributed by atoms with Gasteiger partial charge in [-0.1, -0.05) is 18.2 Å². The number of hydrogen-bond acceptors (Lipinski definition) is 4. The molecule has 0 atom stereocenters. The van der Waals surface area contributed by atoms with Gasteiger partial charge >= 0.3 is 0 Å². The lowest BCUT2D eigenvalue weighted by Crippen LogP contribution is -2.31. The lowest BCUT2D eigenvalue weighted by Gasteiger charge is -2.25. The molecular formula is C19H14F2N4O2S. The summed E-state index contributed by atoms with van der Waals surface area (Å²) in [5, 5.41) is 7.58. The highest BCUT2D eigenvalue weighted by atomic mass is 32.2. The van der Waals surface area contributed by atoms with Crippen LogP contribution >= 0.6 is 0 Å². The van der Waals surface area contributed by atoms with E-state index in [9.17, 15) is 17.2 Å². The summed E-state index contributed by atoms with van der Waals surface area (Å²) in [5.41, 5.74) is 1.05. The molecule has 0 spiro atoms. The van der Waals surface area contributed by atoms with Crippen LogP contribution in [0.3, 0.4) is 0 Å². The van der Waals surface area contributed by atoms with E-state index in [1.807, 2.05) is 0 Å². The van der Waals surface area contributed by atoms with Gasteiger partial charge in [0.25, 0.3) is 10.0 Å². The van der Waals surface area contributed by atoms with Crippen LogP contribution in [0.5, 0.6) is 0 Å². The summed E-state index contributed by atoms with van der Waals surface area (Å²) in [6.45, 7) is -0.163. The van der Waals surface area contributed by atoms with Crippen molar-refractivity contribution in [3.8, 4) is 0 Å². The molecule has 0 saturated heterocycles. The van der Waals surface area contributed by atoms with Crippen molar-refractivity contribution in [3.63, 3.8) is 0 Å². The minimum atomic E-state index is -4.08. The molecule has 4 aromatic rings. The molecule has 2 aromatic carbocycles. The van der Waals surface area contributed by atoms with Crippen LogP contribution in [0.2, 0.25) is 0 Å². The Morgan fingerprint density at radius 1 is 0.964 bits per heavy atom. The number of benzene rings is 2. The van der Waals surface area contributed by atoms with Crippen molar-refractivity contribution >= 4 is 21.4 Å². The molecule has 0 bridgehead atoms. The molecule has 0 aliphatic rings. The highest BCUT2D eigenvalue weighted by Crippen LogP contribution is 2.27. The topological polar surface area (TPSA) is 67.6 Å². The van der Waals surface area contributed by atoms with Crippen LogP contribution in [0.4, 0.5) is 14.5 Å². The number of sulfonamides is 1. The van der Waals surface area contributed by atoms with Gasteiger partial charge in [-0.3, -0.25) is 8.71 Å². The van der Waals surface area contributed by atoms with Crippen LogP contribution in [-0.2, 0) is 16.6 Å². The van der Waals surface area contributed by atoms with E-state index in [4.69, 9.17) is 0 Å². The summed E-state index contributed by atoms with van der Waals surface area (Å²) in [6.07, 6.45) is 2.76. The van der Waals surface area contributed by atoms with Gasteiger partial charge in [0.2, 0.25) is 0 Å². The van der Waals surface area contributed by atoms with Gasteiger partial charge in [-0.25, -0.2) is 17.2 Å².